The van der Waals surface area contributed by atoms with Crippen molar-refractivity contribution in [3.8, 4) is 0 Å². The zero-order valence-electron chi connectivity index (χ0n) is 10.9. The highest BCUT2D eigenvalue weighted by atomic mass is 79.9. The van der Waals surface area contributed by atoms with Gasteiger partial charge in [0.15, 0.2) is 0 Å². The first-order valence-corrected chi connectivity index (χ1v) is 8.31. The van der Waals surface area contributed by atoms with E-state index < -0.39 is 0 Å². The van der Waals surface area contributed by atoms with Crippen LogP contribution in [0.15, 0.2) is 22.2 Å². The summed E-state index contributed by atoms with van der Waals surface area (Å²) in [6.07, 6.45) is 14.6. The molecule has 0 aliphatic heterocycles. The lowest BCUT2D eigenvalue weighted by Crippen LogP contribution is -2.58. The van der Waals surface area contributed by atoms with E-state index in [1.54, 1.807) is 5.57 Å². The quantitative estimate of drug-likeness (QED) is 0.826. The second kappa shape index (κ2) is 4.21. The fourth-order valence-electron chi connectivity index (χ4n) is 5.30. The standard InChI is InChI=1S/C16H22BrN/c17-15-3-1-2-14(15)10-18-16-7-11-4-12(8-16)6-13(5-11)9-16/h1,3,11-13,18H,2,4-10H2. The second-order valence-corrected chi connectivity index (χ2v) is 7.96. The van der Waals surface area contributed by atoms with Crippen molar-refractivity contribution in [3.63, 3.8) is 0 Å². The number of hydrogen-bond donors (Lipinski definition) is 1. The molecule has 0 unspecified atom stereocenters. The second-order valence-electron chi connectivity index (χ2n) is 7.11. The first kappa shape index (κ1) is 11.7. The van der Waals surface area contributed by atoms with Gasteiger partial charge in [-0.15, -0.1) is 0 Å². The van der Waals surface area contributed by atoms with Crippen molar-refractivity contribution >= 4 is 15.9 Å². The Balaban J connectivity index is 1.46. The van der Waals surface area contributed by atoms with Gasteiger partial charge in [-0.05, 0) is 68.3 Å². The normalized spacial score (nSPS) is 45.3. The van der Waals surface area contributed by atoms with Crippen LogP contribution in [0, 0.1) is 17.8 Å². The highest BCUT2D eigenvalue weighted by Gasteiger charge is 2.50. The summed E-state index contributed by atoms with van der Waals surface area (Å²) in [5.74, 6) is 3.13. The van der Waals surface area contributed by atoms with Gasteiger partial charge in [0.1, 0.15) is 0 Å². The van der Waals surface area contributed by atoms with Gasteiger partial charge in [-0.3, -0.25) is 0 Å². The number of rotatable bonds is 3. The van der Waals surface area contributed by atoms with Crippen molar-refractivity contribution in [2.75, 3.05) is 6.54 Å². The lowest BCUT2D eigenvalue weighted by Gasteiger charge is -2.57. The SMILES string of the molecule is BrC1=C(CNC23CC4CC(CC(C4)C2)C3)CC=C1. The molecule has 5 aliphatic rings. The average molecular weight is 308 g/mol. The predicted molar refractivity (Wildman–Crippen MR) is 78.6 cm³/mol. The van der Waals surface area contributed by atoms with Crippen LogP contribution in [0.2, 0.25) is 0 Å². The summed E-state index contributed by atoms with van der Waals surface area (Å²) in [6, 6.07) is 0. The van der Waals surface area contributed by atoms with Crippen LogP contribution in [0.5, 0.6) is 0 Å². The maximum absolute atomic E-state index is 3.97. The zero-order chi connectivity index (χ0) is 12.2. The molecule has 98 valence electrons. The summed E-state index contributed by atoms with van der Waals surface area (Å²) >= 11 is 3.67. The maximum Gasteiger partial charge on any atom is 0.0192 e. The minimum absolute atomic E-state index is 0.512. The molecule has 1 nitrogen and oxygen atoms in total. The topological polar surface area (TPSA) is 12.0 Å². The van der Waals surface area contributed by atoms with Gasteiger partial charge in [-0.2, -0.15) is 0 Å². The van der Waals surface area contributed by atoms with Crippen molar-refractivity contribution in [1.82, 2.24) is 5.32 Å². The molecule has 0 aromatic heterocycles. The number of nitrogens with one attached hydrogen (secondary N) is 1. The lowest BCUT2D eigenvalue weighted by atomic mass is 9.53. The summed E-state index contributed by atoms with van der Waals surface area (Å²) in [7, 11) is 0. The summed E-state index contributed by atoms with van der Waals surface area (Å²) in [6.45, 7) is 1.10. The Labute approximate surface area is 118 Å². The highest BCUT2D eigenvalue weighted by Crippen LogP contribution is 2.55. The highest BCUT2D eigenvalue weighted by molar-refractivity contribution is 9.11. The van der Waals surface area contributed by atoms with Crippen LogP contribution in [0.1, 0.15) is 44.9 Å². The molecule has 0 atom stereocenters. The fraction of sp³-hybridized carbons (Fsp3) is 0.750. The molecular formula is C16H22BrN. The van der Waals surface area contributed by atoms with Crippen LogP contribution in [-0.2, 0) is 0 Å². The van der Waals surface area contributed by atoms with Crippen molar-refractivity contribution in [2.45, 2.75) is 50.5 Å². The summed E-state index contributed by atoms with van der Waals surface area (Å²) in [4.78, 5) is 0. The molecule has 0 aromatic rings. The molecule has 0 radical (unpaired) electrons. The Bertz CT molecular complexity index is 386. The van der Waals surface area contributed by atoms with Gasteiger partial charge >= 0.3 is 0 Å². The number of allylic oxidation sites excluding steroid dienone is 3. The van der Waals surface area contributed by atoms with Crippen LogP contribution in [0.4, 0.5) is 0 Å². The third-order valence-corrected chi connectivity index (χ3v) is 6.51. The van der Waals surface area contributed by atoms with Crippen molar-refractivity contribution in [2.24, 2.45) is 17.8 Å². The van der Waals surface area contributed by atoms with Gasteiger partial charge < -0.3 is 5.32 Å². The molecule has 5 aliphatic carbocycles. The molecule has 0 saturated heterocycles. The van der Waals surface area contributed by atoms with Crippen molar-refractivity contribution in [1.29, 1.82) is 0 Å². The third kappa shape index (κ3) is 1.92. The Morgan fingerprint density at radius 3 is 2.22 bits per heavy atom. The van der Waals surface area contributed by atoms with E-state index in [-0.39, 0.29) is 0 Å². The number of hydrogen-bond acceptors (Lipinski definition) is 1. The van der Waals surface area contributed by atoms with E-state index in [9.17, 15) is 0 Å². The molecule has 0 aromatic carbocycles. The molecule has 2 heteroatoms. The van der Waals surface area contributed by atoms with Gasteiger partial charge in [-0.1, -0.05) is 28.1 Å². The van der Waals surface area contributed by atoms with Gasteiger partial charge in [0.25, 0.3) is 0 Å². The van der Waals surface area contributed by atoms with E-state index in [0.29, 0.717) is 5.54 Å². The van der Waals surface area contributed by atoms with E-state index in [1.807, 2.05) is 0 Å². The monoisotopic (exact) mass is 307 g/mol. The Morgan fingerprint density at radius 1 is 1.11 bits per heavy atom. The van der Waals surface area contributed by atoms with Crippen LogP contribution >= 0.6 is 15.9 Å². The molecule has 5 rings (SSSR count). The molecular weight excluding hydrogens is 286 g/mol. The van der Waals surface area contributed by atoms with Gasteiger partial charge in [0.05, 0.1) is 0 Å². The summed E-state index contributed by atoms with van der Waals surface area (Å²) in [5, 5.41) is 3.97. The first-order chi connectivity index (χ1) is 8.72. The van der Waals surface area contributed by atoms with Crippen LogP contribution in [-0.4, -0.2) is 12.1 Å². The van der Waals surface area contributed by atoms with E-state index in [1.165, 1.54) is 43.0 Å². The average Bonchev–Trinajstić information content (AvgIpc) is 2.70. The van der Waals surface area contributed by atoms with Gasteiger partial charge in [0, 0.05) is 16.6 Å². The van der Waals surface area contributed by atoms with Crippen LogP contribution in [0.3, 0.4) is 0 Å². The van der Waals surface area contributed by atoms with Gasteiger partial charge in [-0.25, -0.2) is 0 Å². The lowest BCUT2D eigenvalue weighted by molar-refractivity contribution is -0.0182. The predicted octanol–water partition coefficient (Wildman–Crippen LogP) is 4.15. The first-order valence-electron chi connectivity index (χ1n) is 7.51. The fourth-order valence-corrected chi connectivity index (χ4v) is 5.79. The summed E-state index contributed by atoms with van der Waals surface area (Å²) < 4.78 is 1.32. The van der Waals surface area contributed by atoms with E-state index in [4.69, 9.17) is 0 Å². The third-order valence-electron chi connectivity index (χ3n) is 5.68. The molecule has 18 heavy (non-hydrogen) atoms. The molecule has 0 spiro atoms. The van der Waals surface area contributed by atoms with E-state index in [2.05, 4.69) is 33.4 Å². The molecule has 1 N–H and O–H groups in total. The van der Waals surface area contributed by atoms with E-state index >= 15 is 0 Å². The van der Waals surface area contributed by atoms with Crippen molar-refractivity contribution < 1.29 is 0 Å². The minimum Gasteiger partial charge on any atom is -0.307 e. The Hall–Kier alpha value is -0.0800. The molecule has 4 bridgehead atoms. The molecule has 4 fully saturated rings. The van der Waals surface area contributed by atoms with Crippen LogP contribution < -0.4 is 5.32 Å². The largest absolute Gasteiger partial charge is 0.307 e. The molecule has 0 heterocycles. The van der Waals surface area contributed by atoms with E-state index in [0.717, 1.165) is 30.7 Å². The minimum atomic E-state index is 0.512. The summed E-state index contributed by atoms with van der Waals surface area (Å²) in [5.41, 5.74) is 2.06. The maximum atomic E-state index is 3.97. The van der Waals surface area contributed by atoms with Crippen LogP contribution in [0.25, 0.3) is 0 Å². The Kier molecular flexibility index (Phi) is 2.74. The number of halogens is 1. The molecule has 0 amide bonds. The molecule has 4 saturated carbocycles. The van der Waals surface area contributed by atoms with Gasteiger partial charge in [0.2, 0.25) is 0 Å². The van der Waals surface area contributed by atoms with Crippen molar-refractivity contribution in [3.05, 3.63) is 22.2 Å². The zero-order valence-corrected chi connectivity index (χ0v) is 12.5. The smallest absolute Gasteiger partial charge is 0.0192 e. The Morgan fingerprint density at radius 2 is 1.72 bits per heavy atom.